The first-order chi connectivity index (χ1) is 11.7. The van der Waals surface area contributed by atoms with Gasteiger partial charge in [-0.1, -0.05) is 18.2 Å². The topological polar surface area (TPSA) is 66.4 Å². The number of carboxylic acid groups (broad SMARTS) is 1. The first-order valence-electron chi connectivity index (χ1n) is 7.44. The third kappa shape index (κ3) is 4.17. The molecule has 0 bridgehead atoms. The van der Waals surface area contributed by atoms with Crippen LogP contribution >= 0.6 is 0 Å². The summed E-state index contributed by atoms with van der Waals surface area (Å²) < 4.78 is 40.3. The quantitative estimate of drug-likeness (QED) is 0.870. The number of halogens is 3. The first-order valence-corrected chi connectivity index (χ1v) is 7.44. The summed E-state index contributed by atoms with van der Waals surface area (Å²) in [4.78, 5) is 23.6. The van der Waals surface area contributed by atoms with Crippen molar-refractivity contribution in [1.82, 2.24) is 5.32 Å². The number of rotatable bonds is 5. The van der Waals surface area contributed by atoms with Crippen LogP contribution in [0.5, 0.6) is 0 Å². The number of hydrogen-bond acceptors (Lipinski definition) is 2. The zero-order chi connectivity index (χ0) is 18.7. The molecule has 25 heavy (non-hydrogen) atoms. The molecule has 1 amide bonds. The highest BCUT2D eigenvalue weighted by atomic mass is 19.1. The van der Waals surface area contributed by atoms with Crippen LogP contribution in [-0.4, -0.2) is 23.0 Å². The van der Waals surface area contributed by atoms with Crippen LogP contribution in [0.4, 0.5) is 13.2 Å². The second-order valence-corrected chi connectivity index (χ2v) is 5.68. The van der Waals surface area contributed by atoms with Gasteiger partial charge in [-0.2, -0.15) is 0 Å². The number of aryl methyl sites for hydroxylation is 2. The number of nitrogens with one attached hydrogen (secondary N) is 1. The molecule has 0 saturated heterocycles. The smallest absolute Gasteiger partial charge is 0.326 e. The average molecular weight is 351 g/mol. The van der Waals surface area contributed by atoms with E-state index in [2.05, 4.69) is 5.32 Å². The minimum absolute atomic E-state index is 0.0516. The molecule has 0 fully saturated rings. The Hall–Kier alpha value is -2.83. The lowest BCUT2D eigenvalue weighted by Crippen LogP contribution is -2.43. The van der Waals surface area contributed by atoms with Crippen LogP contribution in [0.3, 0.4) is 0 Å². The van der Waals surface area contributed by atoms with Gasteiger partial charge in [0.25, 0.3) is 5.91 Å². The molecule has 2 aromatic rings. The fraction of sp³-hybridized carbons (Fsp3) is 0.222. The number of carboxylic acids is 1. The van der Waals surface area contributed by atoms with Gasteiger partial charge in [0.2, 0.25) is 0 Å². The highest BCUT2D eigenvalue weighted by Gasteiger charge is 2.26. The zero-order valence-corrected chi connectivity index (χ0v) is 13.6. The number of amides is 1. The van der Waals surface area contributed by atoms with Gasteiger partial charge in [0.1, 0.15) is 29.1 Å². The third-order valence-corrected chi connectivity index (χ3v) is 3.89. The molecular weight excluding hydrogens is 335 g/mol. The Balaban J connectivity index is 2.28. The fourth-order valence-corrected chi connectivity index (χ4v) is 2.56. The van der Waals surface area contributed by atoms with Crippen molar-refractivity contribution in [1.29, 1.82) is 0 Å². The summed E-state index contributed by atoms with van der Waals surface area (Å²) in [6.07, 6.45) is -0.0516. The van der Waals surface area contributed by atoms with Gasteiger partial charge in [0.05, 0.1) is 0 Å². The van der Waals surface area contributed by atoms with Gasteiger partial charge in [-0.15, -0.1) is 0 Å². The van der Waals surface area contributed by atoms with E-state index in [4.69, 9.17) is 0 Å². The van der Waals surface area contributed by atoms with Crippen molar-refractivity contribution >= 4 is 11.9 Å². The Morgan fingerprint density at radius 2 is 1.60 bits per heavy atom. The second kappa shape index (κ2) is 7.38. The second-order valence-electron chi connectivity index (χ2n) is 5.68. The number of hydrogen-bond donors (Lipinski definition) is 2. The molecule has 0 radical (unpaired) electrons. The van der Waals surface area contributed by atoms with Gasteiger partial charge in [-0.3, -0.25) is 4.79 Å². The molecule has 2 N–H and O–H groups in total. The zero-order valence-electron chi connectivity index (χ0n) is 13.6. The summed E-state index contributed by atoms with van der Waals surface area (Å²) in [6.45, 7) is 3.59. The maximum Gasteiger partial charge on any atom is 0.326 e. The van der Waals surface area contributed by atoms with Gasteiger partial charge >= 0.3 is 5.97 Å². The molecule has 132 valence electrons. The number of carbonyl (C=O) groups is 2. The number of carbonyl (C=O) groups excluding carboxylic acids is 1. The molecule has 0 aliphatic rings. The Kier molecular flexibility index (Phi) is 5.46. The summed E-state index contributed by atoms with van der Waals surface area (Å²) in [5, 5.41) is 11.4. The van der Waals surface area contributed by atoms with Crippen LogP contribution in [0.1, 0.15) is 27.0 Å². The van der Waals surface area contributed by atoms with Gasteiger partial charge in [-0.25, -0.2) is 18.0 Å². The lowest BCUT2D eigenvalue weighted by molar-refractivity contribution is -0.139. The summed E-state index contributed by atoms with van der Waals surface area (Å²) in [7, 11) is 0. The van der Waals surface area contributed by atoms with E-state index >= 15 is 0 Å². The van der Waals surface area contributed by atoms with E-state index in [0.717, 1.165) is 16.7 Å². The largest absolute Gasteiger partial charge is 0.480 e. The van der Waals surface area contributed by atoms with Crippen molar-refractivity contribution in [2.24, 2.45) is 0 Å². The highest BCUT2D eigenvalue weighted by molar-refractivity contribution is 5.97. The SMILES string of the molecule is Cc1cccc(C)c1C[C@@H](NC(=O)c1c(F)cc(F)cc1F)C(=O)O. The Morgan fingerprint density at radius 3 is 2.08 bits per heavy atom. The van der Waals surface area contributed by atoms with Crippen LogP contribution in [0.25, 0.3) is 0 Å². The fourth-order valence-electron chi connectivity index (χ4n) is 2.56. The molecule has 2 rings (SSSR count). The predicted octanol–water partition coefficient (Wildman–Crippen LogP) is 3.15. The average Bonchev–Trinajstić information content (AvgIpc) is 2.48. The van der Waals surface area contributed by atoms with Crippen LogP contribution < -0.4 is 5.32 Å². The highest BCUT2D eigenvalue weighted by Crippen LogP contribution is 2.18. The molecule has 1 atom stereocenters. The summed E-state index contributed by atoms with van der Waals surface area (Å²) in [5.41, 5.74) is 1.36. The normalized spacial score (nSPS) is 11.9. The summed E-state index contributed by atoms with van der Waals surface area (Å²) in [6, 6.07) is 4.73. The van der Waals surface area contributed by atoms with Crippen LogP contribution in [0.2, 0.25) is 0 Å². The van der Waals surface area contributed by atoms with Crippen molar-refractivity contribution in [3.63, 3.8) is 0 Å². The maximum atomic E-state index is 13.7. The summed E-state index contributed by atoms with van der Waals surface area (Å²) in [5.74, 6) is -6.57. The Morgan fingerprint density at radius 1 is 1.08 bits per heavy atom. The van der Waals surface area contributed by atoms with Crippen LogP contribution in [-0.2, 0) is 11.2 Å². The molecule has 0 heterocycles. The molecule has 0 unspecified atom stereocenters. The van der Waals surface area contributed by atoms with E-state index < -0.39 is 40.9 Å². The Bertz CT molecular complexity index is 793. The van der Waals surface area contributed by atoms with E-state index in [1.54, 1.807) is 26.0 Å². The lowest BCUT2D eigenvalue weighted by Gasteiger charge is -2.18. The molecule has 0 aliphatic heterocycles. The van der Waals surface area contributed by atoms with Gasteiger partial charge in [-0.05, 0) is 30.5 Å². The molecule has 4 nitrogen and oxygen atoms in total. The number of benzene rings is 2. The van der Waals surface area contributed by atoms with Crippen molar-refractivity contribution < 1.29 is 27.9 Å². The minimum Gasteiger partial charge on any atom is -0.480 e. The van der Waals surface area contributed by atoms with Gasteiger partial charge in [0.15, 0.2) is 0 Å². The van der Waals surface area contributed by atoms with Crippen molar-refractivity contribution in [3.8, 4) is 0 Å². The van der Waals surface area contributed by atoms with Crippen molar-refractivity contribution in [2.45, 2.75) is 26.3 Å². The summed E-state index contributed by atoms with van der Waals surface area (Å²) >= 11 is 0. The molecule has 2 aromatic carbocycles. The van der Waals surface area contributed by atoms with Gasteiger partial charge in [0, 0.05) is 18.6 Å². The van der Waals surface area contributed by atoms with Crippen LogP contribution in [0, 0.1) is 31.3 Å². The van der Waals surface area contributed by atoms with E-state index in [-0.39, 0.29) is 6.42 Å². The monoisotopic (exact) mass is 351 g/mol. The molecule has 0 spiro atoms. The molecule has 0 aromatic heterocycles. The first kappa shape index (κ1) is 18.5. The standard InChI is InChI=1S/C18H16F3NO3/c1-9-4-3-5-10(2)12(9)8-15(18(24)25)22-17(23)16-13(20)6-11(19)7-14(16)21/h3-7,15H,8H2,1-2H3,(H,22,23)(H,24,25)/t15-/m1/s1. The lowest BCUT2D eigenvalue weighted by atomic mass is 9.96. The molecule has 7 heteroatoms. The maximum absolute atomic E-state index is 13.7. The molecular formula is C18H16F3NO3. The number of aliphatic carboxylic acids is 1. The van der Waals surface area contributed by atoms with E-state index in [1.165, 1.54) is 0 Å². The Labute approximate surface area is 142 Å². The predicted molar refractivity (Wildman–Crippen MR) is 84.8 cm³/mol. The van der Waals surface area contributed by atoms with Crippen molar-refractivity contribution in [3.05, 3.63) is 70.0 Å². The van der Waals surface area contributed by atoms with Gasteiger partial charge < -0.3 is 10.4 Å². The van der Waals surface area contributed by atoms with E-state index in [9.17, 15) is 27.9 Å². The van der Waals surface area contributed by atoms with E-state index in [1.807, 2.05) is 6.07 Å². The minimum atomic E-state index is -1.40. The van der Waals surface area contributed by atoms with E-state index in [0.29, 0.717) is 12.1 Å². The molecule has 0 saturated carbocycles. The molecule has 0 aliphatic carbocycles. The van der Waals surface area contributed by atoms with Crippen LogP contribution in [0.15, 0.2) is 30.3 Å². The van der Waals surface area contributed by atoms with Crippen molar-refractivity contribution in [2.75, 3.05) is 0 Å². The third-order valence-electron chi connectivity index (χ3n) is 3.89.